The van der Waals surface area contributed by atoms with Gasteiger partial charge in [0.2, 0.25) is 5.91 Å². The minimum Gasteiger partial charge on any atom is -0.481 e. The molecular weight excluding hydrogens is 483 g/mol. The maximum atomic E-state index is 13.8. The lowest BCUT2D eigenvalue weighted by atomic mass is 9.85. The maximum Gasteiger partial charge on any atom is 0.392 e. The highest BCUT2D eigenvalue weighted by molar-refractivity contribution is 6.33. The number of halogens is 4. The molecule has 3 atom stereocenters. The van der Waals surface area contributed by atoms with Gasteiger partial charge < -0.3 is 10.4 Å². The first-order valence-corrected chi connectivity index (χ1v) is 11.6. The molecule has 1 amide bonds. The van der Waals surface area contributed by atoms with Crippen LogP contribution >= 0.6 is 11.6 Å². The summed E-state index contributed by atoms with van der Waals surface area (Å²) in [4.78, 5) is 24.7. The van der Waals surface area contributed by atoms with Crippen LogP contribution in [0.5, 0.6) is 0 Å². The van der Waals surface area contributed by atoms with Crippen LogP contribution in [0.25, 0.3) is 10.9 Å². The molecule has 0 aliphatic heterocycles. The van der Waals surface area contributed by atoms with Crippen molar-refractivity contribution in [3.63, 3.8) is 0 Å². The predicted molar refractivity (Wildman–Crippen MR) is 126 cm³/mol. The normalized spacial score (nSPS) is 16.6. The van der Waals surface area contributed by atoms with E-state index in [1.165, 1.54) is 16.8 Å². The molecule has 1 heterocycles. The van der Waals surface area contributed by atoms with Gasteiger partial charge in [0.05, 0.1) is 40.7 Å². The van der Waals surface area contributed by atoms with Crippen LogP contribution < -0.4 is 5.32 Å². The van der Waals surface area contributed by atoms with Gasteiger partial charge in [-0.05, 0) is 54.0 Å². The number of fused-ring (bicyclic) bond motifs is 1. The summed E-state index contributed by atoms with van der Waals surface area (Å²) in [7, 11) is 1.67. The third-order valence-electron chi connectivity index (χ3n) is 6.69. The maximum absolute atomic E-state index is 13.8. The fourth-order valence-electron chi connectivity index (χ4n) is 4.53. The van der Waals surface area contributed by atoms with Crippen LogP contribution in [0.3, 0.4) is 0 Å². The SMILES string of the molecule is C[C@H]([C@H](C(=O)Nc1cc([C@@H](CC(=O)O)C2CC2)ccc1Cl)c1ccc2cnn(C)c2c1)C(F)(F)F. The van der Waals surface area contributed by atoms with Crippen molar-refractivity contribution in [3.8, 4) is 0 Å². The molecule has 10 heteroatoms. The number of carboxylic acids is 1. The largest absolute Gasteiger partial charge is 0.481 e. The predicted octanol–water partition coefficient (Wildman–Crippen LogP) is 6.12. The topological polar surface area (TPSA) is 84.2 Å². The molecule has 0 bridgehead atoms. The Balaban J connectivity index is 1.68. The summed E-state index contributed by atoms with van der Waals surface area (Å²) in [5, 5.41) is 16.9. The number of rotatable bonds is 8. The Bertz CT molecular complexity index is 1270. The number of amides is 1. The fourth-order valence-corrected chi connectivity index (χ4v) is 4.70. The van der Waals surface area contributed by atoms with E-state index in [1.807, 2.05) is 0 Å². The van der Waals surface area contributed by atoms with Gasteiger partial charge in [-0.3, -0.25) is 14.3 Å². The number of alkyl halides is 3. The Hall–Kier alpha value is -3.07. The van der Waals surface area contributed by atoms with Gasteiger partial charge in [0, 0.05) is 12.4 Å². The van der Waals surface area contributed by atoms with Gasteiger partial charge >= 0.3 is 12.1 Å². The zero-order valence-corrected chi connectivity index (χ0v) is 19.9. The third-order valence-corrected chi connectivity index (χ3v) is 7.02. The fraction of sp³-hybridized carbons (Fsp3) is 0.400. The molecule has 1 fully saturated rings. The molecule has 1 aromatic heterocycles. The van der Waals surface area contributed by atoms with Crippen LogP contribution in [0, 0.1) is 11.8 Å². The number of carboxylic acid groups (broad SMARTS) is 1. The van der Waals surface area contributed by atoms with Gasteiger partial charge in [-0.1, -0.05) is 36.7 Å². The summed E-state index contributed by atoms with van der Waals surface area (Å²) in [5.41, 5.74) is 1.66. The van der Waals surface area contributed by atoms with Crippen molar-refractivity contribution in [2.24, 2.45) is 18.9 Å². The zero-order chi connectivity index (χ0) is 25.5. The summed E-state index contributed by atoms with van der Waals surface area (Å²) in [6.07, 6.45) is -1.28. The van der Waals surface area contributed by atoms with Crippen LogP contribution in [0.15, 0.2) is 42.6 Å². The molecule has 0 spiro atoms. The molecule has 0 radical (unpaired) electrons. The first-order chi connectivity index (χ1) is 16.5. The van der Waals surface area contributed by atoms with Crippen molar-refractivity contribution in [1.82, 2.24) is 9.78 Å². The van der Waals surface area contributed by atoms with E-state index in [0.717, 1.165) is 25.2 Å². The Labute approximate surface area is 205 Å². The molecule has 2 N–H and O–H groups in total. The van der Waals surface area contributed by atoms with Crippen LogP contribution in [-0.4, -0.2) is 32.9 Å². The highest BCUT2D eigenvalue weighted by Gasteiger charge is 2.45. The number of aliphatic carboxylic acids is 1. The Morgan fingerprint density at radius 1 is 1.20 bits per heavy atom. The van der Waals surface area contributed by atoms with Crippen LogP contribution in [0.4, 0.5) is 18.9 Å². The van der Waals surface area contributed by atoms with Gasteiger partial charge in [-0.15, -0.1) is 0 Å². The molecule has 3 aromatic rings. The van der Waals surface area contributed by atoms with Crippen molar-refractivity contribution in [2.45, 2.75) is 44.2 Å². The van der Waals surface area contributed by atoms with Crippen molar-refractivity contribution < 1.29 is 27.9 Å². The van der Waals surface area contributed by atoms with Crippen LogP contribution in [-0.2, 0) is 16.6 Å². The number of hydrogen-bond donors (Lipinski definition) is 2. The second-order valence-electron chi connectivity index (χ2n) is 9.16. The molecule has 1 aliphatic carbocycles. The summed E-state index contributed by atoms with van der Waals surface area (Å²) in [6, 6.07) is 9.50. The molecular formula is C25H25ClF3N3O3. The molecule has 4 rings (SSSR count). The molecule has 186 valence electrons. The standard InChI is InChI=1S/C25H25ClF3N3O3/c1-13(25(27,28)29)23(16-5-6-17-12-30-32(2)21(17)10-16)24(35)31-20-9-15(7-8-19(20)26)18(11-22(33)34)14-3-4-14/h5-10,12-14,18,23H,3-4,11H2,1-2H3,(H,31,35)(H,33,34)/t13-,18+,23+/m1/s1. The number of anilines is 1. The lowest BCUT2D eigenvalue weighted by molar-refractivity contribution is -0.178. The molecule has 0 unspecified atom stereocenters. The van der Waals surface area contributed by atoms with Crippen molar-refractivity contribution >= 4 is 40.1 Å². The first kappa shape index (κ1) is 25.0. The van der Waals surface area contributed by atoms with Crippen molar-refractivity contribution in [2.75, 3.05) is 5.32 Å². The summed E-state index contributed by atoms with van der Waals surface area (Å²) >= 11 is 6.29. The van der Waals surface area contributed by atoms with E-state index in [2.05, 4.69) is 10.4 Å². The van der Waals surface area contributed by atoms with Gasteiger partial charge in [-0.2, -0.15) is 18.3 Å². The van der Waals surface area contributed by atoms with E-state index >= 15 is 0 Å². The van der Waals surface area contributed by atoms with E-state index in [9.17, 15) is 27.9 Å². The van der Waals surface area contributed by atoms with E-state index in [4.69, 9.17) is 11.6 Å². The second kappa shape index (κ2) is 9.53. The minimum atomic E-state index is -4.62. The number of nitrogens with one attached hydrogen (secondary N) is 1. The Morgan fingerprint density at radius 3 is 2.51 bits per heavy atom. The zero-order valence-electron chi connectivity index (χ0n) is 19.1. The van der Waals surface area contributed by atoms with Gasteiger partial charge in [0.1, 0.15) is 0 Å². The number of carbonyl (C=O) groups excluding carboxylic acids is 1. The average molecular weight is 508 g/mol. The van der Waals surface area contributed by atoms with Gasteiger partial charge in [0.25, 0.3) is 0 Å². The number of aryl methyl sites for hydroxylation is 1. The Morgan fingerprint density at radius 2 is 1.89 bits per heavy atom. The lowest BCUT2D eigenvalue weighted by Gasteiger charge is -2.26. The Kier molecular flexibility index (Phi) is 6.81. The number of aromatic nitrogens is 2. The number of hydrogen-bond acceptors (Lipinski definition) is 3. The lowest BCUT2D eigenvalue weighted by Crippen LogP contribution is -2.34. The van der Waals surface area contributed by atoms with Gasteiger partial charge in [-0.25, -0.2) is 0 Å². The quantitative estimate of drug-likeness (QED) is 0.385. The van der Waals surface area contributed by atoms with E-state index in [0.29, 0.717) is 11.1 Å². The number of nitrogens with zero attached hydrogens (tertiary/aromatic N) is 2. The first-order valence-electron chi connectivity index (χ1n) is 11.3. The van der Waals surface area contributed by atoms with Crippen LogP contribution in [0.1, 0.15) is 49.1 Å². The van der Waals surface area contributed by atoms with Gasteiger partial charge in [0.15, 0.2) is 0 Å². The molecule has 1 saturated carbocycles. The highest BCUT2D eigenvalue weighted by Crippen LogP contribution is 2.46. The molecule has 1 aliphatic rings. The second-order valence-corrected chi connectivity index (χ2v) is 9.57. The summed E-state index contributed by atoms with van der Waals surface area (Å²) < 4.78 is 42.9. The monoisotopic (exact) mass is 507 g/mol. The number of benzene rings is 2. The molecule has 0 saturated heterocycles. The molecule has 6 nitrogen and oxygen atoms in total. The smallest absolute Gasteiger partial charge is 0.392 e. The molecule has 2 aromatic carbocycles. The third kappa shape index (κ3) is 5.45. The summed E-state index contributed by atoms with van der Waals surface area (Å²) in [5.74, 6) is -5.32. The van der Waals surface area contributed by atoms with E-state index < -0.39 is 29.9 Å². The van der Waals surface area contributed by atoms with E-state index in [1.54, 1.807) is 37.5 Å². The van der Waals surface area contributed by atoms with Crippen molar-refractivity contribution in [1.29, 1.82) is 0 Å². The van der Waals surface area contributed by atoms with E-state index in [-0.39, 0.29) is 34.5 Å². The highest BCUT2D eigenvalue weighted by atomic mass is 35.5. The van der Waals surface area contributed by atoms with Crippen LogP contribution in [0.2, 0.25) is 5.02 Å². The summed E-state index contributed by atoms with van der Waals surface area (Å²) in [6.45, 7) is 0.978. The number of carbonyl (C=O) groups is 2. The van der Waals surface area contributed by atoms with Crippen molar-refractivity contribution in [3.05, 3.63) is 58.7 Å². The minimum absolute atomic E-state index is 0.0713. The molecule has 35 heavy (non-hydrogen) atoms. The average Bonchev–Trinajstić information content (AvgIpc) is 3.56.